The lowest BCUT2D eigenvalue weighted by molar-refractivity contribution is 0.0454. The number of halogens is 2. The van der Waals surface area contributed by atoms with Gasteiger partial charge in [-0.25, -0.2) is 13.6 Å². The normalized spacial score (nSPS) is 17.2. The number of hydrogen-bond acceptors (Lipinski definition) is 2. The maximum atomic E-state index is 13.3. The molecule has 0 saturated heterocycles. The van der Waals surface area contributed by atoms with E-state index in [0.717, 1.165) is 11.6 Å². The Morgan fingerprint density at radius 1 is 1.05 bits per heavy atom. The third-order valence-electron chi connectivity index (χ3n) is 3.12. The van der Waals surface area contributed by atoms with Gasteiger partial charge in [-0.2, -0.15) is 0 Å². The van der Waals surface area contributed by atoms with E-state index in [1.807, 2.05) is 6.92 Å². The summed E-state index contributed by atoms with van der Waals surface area (Å²) in [5, 5.41) is 0. The second-order valence-corrected chi connectivity index (χ2v) is 4.58. The van der Waals surface area contributed by atoms with Crippen LogP contribution in [-0.4, -0.2) is 5.97 Å². The Balaban J connectivity index is 2.14. The van der Waals surface area contributed by atoms with Crippen molar-refractivity contribution in [3.63, 3.8) is 0 Å². The zero-order valence-corrected chi connectivity index (χ0v) is 10.1. The number of carbonyl (C=O) groups is 1. The third-order valence-corrected chi connectivity index (χ3v) is 3.12. The van der Waals surface area contributed by atoms with Crippen LogP contribution < -0.4 is 0 Å². The van der Waals surface area contributed by atoms with Crippen LogP contribution >= 0.6 is 0 Å². The summed E-state index contributed by atoms with van der Waals surface area (Å²) in [6, 6.07) is 8.42. The smallest absolute Gasteiger partial charge is 0.339 e. The minimum absolute atomic E-state index is 0.301. The van der Waals surface area contributed by atoms with Gasteiger partial charge in [0, 0.05) is 17.2 Å². The summed E-state index contributed by atoms with van der Waals surface area (Å²) in [5.74, 6) is -1.84. The van der Waals surface area contributed by atoms with Crippen LogP contribution in [0.1, 0.15) is 33.2 Å². The number of aryl methyl sites for hydroxylation is 1. The monoisotopic (exact) mass is 260 g/mol. The van der Waals surface area contributed by atoms with E-state index in [1.165, 1.54) is 12.1 Å². The maximum Gasteiger partial charge on any atom is 0.339 e. The Morgan fingerprint density at radius 2 is 1.74 bits per heavy atom. The molecule has 0 saturated carbocycles. The molecule has 0 aromatic heterocycles. The predicted molar refractivity (Wildman–Crippen MR) is 64.8 cm³/mol. The lowest BCUT2D eigenvalue weighted by Crippen LogP contribution is -2.02. The lowest BCUT2D eigenvalue weighted by atomic mass is 9.97. The number of cyclic esters (lactones) is 1. The fourth-order valence-electron chi connectivity index (χ4n) is 2.29. The number of ether oxygens (including phenoxy) is 1. The largest absolute Gasteiger partial charge is 0.449 e. The highest BCUT2D eigenvalue weighted by Gasteiger charge is 2.32. The van der Waals surface area contributed by atoms with Gasteiger partial charge in [-0.3, -0.25) is 0 Å². The molecule has 2 nitrogen and oxygen atoms in total. The number of esters is 1. The number of carbonyl (C=O) groups excluding carboxylic acids is 1. The first kappa shape index (κ1) is 11.8. The summed E-state index contributed by atoms with van der Waals surface area (Å²) >= 11 is 0. The Hall–Kier alpha value is -2.23. The molecular weight excluding hydrogens is 250 g/mol. The lowest BCUT2D eigenvalue weighted by Gasteiger charge is -2.11. The van der Waals surface area contributed by atoms with E-state index in [4.69, 9.17) is 4.74 Å². The minimum Gasteiger partial charge on any atom is -0.449 e. The summed E-state index contributed by atoms with van der Waals surface area (Å²) in [6.07, 6.45) is -0.743. The molecule has 0 bridgehead atoms. The molecule has 1 unspecified atom stereocenters. The van der Waals surface area contributed by atoms with Crippen molar-refractivity contribution in [2.75, 3.05) is 0 Å². The Bertz CT molecular complexity index is 660. The first-order valence-electron chi connectivity index (χ1n) is 5.82. The van der Waals surface area contributed by atoms with E-state index in [0.29, 0.717) is 16.7 Å². The molecule has 0 aliphatic carbocycles. The fraction of sp³-hybridized carbons (Fsp3) is 0.133. The average molecular weight is 260 g/mol. The molecule has 2 aromatic carbocycles. The van der Waals surface area contributed by atoms with Crippen LogP contribution in [0.2, 0.25) is 0 Å². The van der Waals surface area contributed by atoms with E-state index >= 15 is 0 Å². The van der Waals surface area contributed by atoms with Crippen molar-refractivity contribution >= 4 is 5.97 Å². The van der Waals surface area contributed by atoms with E-state index in [1.54, 1.807) is 18.2 Å². The highest BCUT2D eigenvalue weighted by molar-refractivity contribution is 5.94. The standard InChI is InChI=1S/C15H10F2O2/c1-8-2-3-12-13(4-8)14(19-15(12)18)9-5-10(16)7-11(17)6-9/h2-7,14H,1H3. The molecule has 1 atom stereocenters. The predicted octanol–water partition coefficient (Wildman–Crippen LogP) is 3.53. The molecule has 0 amide bonds. The average Bonchev–Trinajstić information content (AvgIpc) is 2.65. The van der Waals surface area contributed by atoms with E-state index in [2.05, 4.69) is 0 Å². The molecule has 1 heterocycles. The topological polar surface area (TPSA) is 26.3 Å². The first-order chi connectivity index (χ1) is 9.04. The van der Waals surface area contributed by atoms with Gasteiger partial charge >= 0.3 is 5.97 Å². The minimum atomic E-state index is -0.743. The van der Waals surface area contributed by atoms with Crippen LogP contribution in [0.3, 0.4) is 0 Å². The van der Waals surface area contributed by atoms with Crippen LogP contribution in [0.25, 0.3) is 0 Å². The molecule has 1 aliphatic heterocycles. The van der Waals surface area contributed by atoms with Crippen LogP contribution in [0.5, 0.6) is 0 Å². The quantitative estimate of drug-likeness (QED) is 0.733. The molecule has 2 aromatic rings. The highest BCUT2D eigenvalue weighted by atomic mass is 19.1. The summed E-state index contributed by atoms with van der Waals surface area (Å²) in [6.45, 7) is 1.88. The first-order valence-corrected chi connectivity index (χ1v) is 5.82. The van der Waals surface area contributed by atoms with Gasteiger partial charge in [-0.05, 0) is 25.1 Å². The van der Waals surface area contributed by atoms with Crippen molar-refractivity contribution in [1.29, 1.82) is 0 Å². The number of hydrogen-bond donors (Lipinski definition) is 0. The Morgan fingerprint density at radius 3 is 2.42 bits per heavy atom. The van der Waals surface area contributed by atoms with Crippen LogP contribution in [-0.2, 0) is 4.74 Å². The van der Waals surface area contributed by atoms with Crippen LogP contribution in [0.15, 0.2) is 36.4 Å². The zero-order chi connectivity index (χ0) is 13.6. The second-order valence-electron chi connectivity index (χ2n) is 4.58. The molecular formula is C15H10F2O2. The number of benzene rings is 2. The SMILES string of the molecule is Cc1ccc2c(c1)C(c1cc(F)cc(F)c1)OC2=O. The Kier molecular flexibility index (Phi) is 2.59. The summed E-state index contributed by atoms with van der Waals surface area (Å²) in [4.78, 5) is 11.7. The second kappa shape index (κ2) is 4.16. The van der Waals surface area contributed by atoms with Gasteiger partial charge < -0.3 is 4.74 Å². The molecule has 0 N–H and O–H groups in total. The van der Waals surface area contributed by atoms with Crippen molar-refractivity contribution in [3.05, 3.63) is 70.3 Å². The van der Waals surface area contributed by atoms with Gasteiger partial charge in [-0.15, -0.1) is 0 Å². The highest BCUT2D eigenvalue weighted by Crippen LogP contribution is 2.36. The maximum absolute atomic E-state index is 13.3. The third kappa shape index (κ3) is 1.99. The Labute approximate surface area is 108 Å². The molecule has 0 fully saturated rings. The molecule has 0 spiro atoms. The van der Waals surface area contributed by atoms with Gasteiger partial charge in [0.15, 0.2) is 6.10 Å². The molecule has 1 aliphatic rings. The van der Waals surface area contributed by atoms with Crippen molar-refractivity contribution in [1.82, 2.24) is 0 Å². The molecule has 96 valence electrons. The molecule has 19 heavy (non-hydrogen) atoms. The van der Waals surface area contributed by atoms with Crippen molar-refractivity contribution in [3.8, 4) is 0 Å². The van der Waals surface area contributed by atoms with Crippen LogP contribution in [0, 0.1) is 18.6 Å². The van der Waals surface area contributed by atoms with Gasteiger partial charge in [0.1, 0.15) is 11.6 Å². The van der Waals surface area contributed by atoms with Crippen molar-refractivity contribution < 1.29 is 18.3 Å². The van der Waals surface area contributed by atoms with E-state index in [-0.39, 0.29) is 0 Å². The summed E-state index contributed by atoms with van der Waals surface area (Å²) in [7, 11) is 0. The van der Waals surface area contributed by atoms with Crippen molar-refractivity contribution in [2.24, 2.45) is 0 Å². The van der Waals surface area contributed by atoms with Gasteiger partial charge in [-0.1, -0.05) is 17.7 Å². The molecule has 4 heteroatoms. The zero-order valence-electron chi connectivity index (χ0n) is 10.1. The molecule has 3 rings (SSSR count). The van der Waals surface area contributed by atoms with Gasteiger partial charge in [0.05, 0.1) is 5.56 Å². The van der Waals surface area contributed by atoms with Crippen LogP contribution in [0.4, 0.5) is 8.78 Å². The van der Waals surface area contributed by atoms with Crippen molar-refractivity contribution in [2.45, 2.75) is 13.0 Å². The fourth-order valence-corrected chi connectivity index (χ4v) is 2.29. The number of rotatable bonds is 1. The molecule has 0 radical (unpaired) electrons. The number of fused-ring (bicyclic) bond motifs is 1. The summed E-state index contributed by atoms with van der Waals surface area (Å²) in [5.41, 5.74) is 2.35. The van der Waals surface area contributed by atoms with Gasteiger partial charge in [0.2, 0.25) is 0 Å². The van der Waals surface area contributed by atoms with E-state index < -0.39 is 23.7 Å². The summed E-state index contributed by atoms with van der Waals surface area (Å²) < 4.78 is 31.7. The van der Waals surface area contributed by atoms with E-state index in [9.17, 15) is 13.6 Å². The van der Waals surface area contributed by atoms with Gasteiger partial charge in [0.25, 0.3) is 0 Å².